The Morgan fingerprint density at radius 1 is 0.258 bits per heavy atom. The molecule has 0 aliphatic heterocycles. The van der Waals surface area contributed by atoms with E-state index in [0.717, 1.165) is 50.3 Å². The molecule has 0 spiro atoms. The zero-order valence-electron chi connectivity index (χ0n) is 33.5. The summed E-state index contributed by atoms with van der Waals surface area (Å²) in [5.74, 6) is 0.695. The highest BCUT2D eigenvalue weighted by Gasteiger charge is 2.18. The zero-order valence-corrected chi connectivity index (χ0v) is 35.1. The first-order chi connectivity index (χ1) is 30.7. The number of hydrogen-bond acceptors (Lipinski definition) is 4. The molecule has 0 fully saturated rings. The second-order valence-corrected chi connectivity index (χ2v) is 17.8. The van der Waals surface area contributed by atoms with Crippen LogP contribution in [0, 0.1) is 0 Å². The molecule has 12 rings (SSSR count). The van der Waals surface area contributed by atoms with Gasteiger partial charge in [0.05, 0.1) is 11.4 Å². The molecule has 0 aliphatic rings. The van der Waals surface area contributed by atoms with Crippen molar-refractivity contribution in [3.63, 3.8) is 0 Å². The monoisotopic (exact) mass is 824 g/mol. The van der Waals surface area contributed by atoms with Crippen molar-refractivity contribution in [3.8, 4) is 78.4 Å². The maximum atomic E-state index is 5.38. The van der Waals surface area contributed by atoms with E-state index in [1.807, 2.05) is 28.7 Å². The predicted molar refractivity (Wildman–Crippen MR) is 266 cm³/mol. The van der Waals surface area contributed by atoms with Crippen LogP contribution in [0.15, 0.2) is 218 Å². The molecule has 0 saturated carbocycles. The number of rotatable bonds is 7. The van der Waals surface area contributed by atoms with E-state index in [4.69, 9.17) is 9.97 Å². The summed E-state index contributed by atoms with van der Waals surface area (Å²) in [5, 5.41) is 5.16. The highest BCUT2D eigenvalue weighted by molar-refractivity contribution is 7.26. The van der Waals surface area contributed by atoms with Crippen molar-refractivity contribution in [2.45, 2.75) is 0 Å². The molecule has 0 radical (unpaired) electrons. The average Bonchev–Trinajstić information content (AvgIpc) is 3.93. The second kappa shape index (κ2) is 15.2. The van der Waals surface area contributed by atoms with Gasteiger partial charge in [-0.05, 0) is 87.0 Å². The van der Waals surface area contributed by atoms with Gasteiger partial charge in [0.25, 0.3) is 0 Å². The molecule has 0 atom stereocenters. The van der Waals surface area contributed by atoms with E-state index < -0.39 is 0 Å². The van der Waals surface area contributed by atoms with Crippen molar-refractivity contribution in [1.82, 2.24) is 9.97 Å². The van der Waals surface area contributed by atoms with Crippen molar-refractivity contribution >= 4 is 63.0 Å². The average molecular weight is 825 g/mol. The second-order valence-electron chi connectivity index (χ2n) is 15.7. The molecule has 9 aromatic carbocycles. The van der Waals surface area contributed by atoms with E-state index in [1.165, 1.54) is 62.6 Å². The lowest BCUT2D eigenvalue weighted by molar-refractivity contribution is 1.18. The SMILES string of the molecule is c1ccc(-c2ccc(-c3cccc(-c4cc(-c5cc(-c6cccc7c6sc6ccccc67)cc(-c6cccc7c6sc6ccccc67)c5)nc(-c5ccccc5)n4)c3)cc2)cc1. The standard InChI is InChI=1S/C58H36N2S2/c1-3-14-37(15-4-1)38-28-30-39(31-29-38)41-18-11-19-42(32-41)52-36-53(60-58(59-52)40-16-5-2-6-17-40)45-34-43(46-22-12-24-50-48-20-7-9-26-54(48)61-56(46)50)33-44(35-45)47-23-13-25-51-49-21-8-10-27-55(49)62-57(47)51/h1-36H. The van der Waals surface area contributed by atoms with E-state index in [-0.39, 0.29) is 0 Å². The Balaban J connectivity index is 1.06. The molecule has 3 heterocycles. The molecule has 12 aromatic rings. The van der Waals surface area contributed by atoms with Crippen LogP contribution in [0.1, 0.15) is 0 Å². The van der Waals surface area contributed by atoms with Crippen molar-refractivity contribution in [1.29, 1.82) is 0 Å². The highest BCUT2D eigenvalue weighted by atomic mass is 32.1. The number of nitrogens with zero attached hydrogens (tertiary/aromatic N) is 2. The summed E-state index contributed by atoms with van der Waals surface area (Å²) in [6.07, 6.45) is 0. The van der Waals surface area contributed by atoms with Crippen LogP contribution in [-0.4, -0.2) is 9.97 Å². The van der Waals surface area contributed by atoms with E-state index in [1.54, 1.807) is 0 Å². The fourth-order valence-corrected chi connectivity index (χ4v) is 11.3. The quantitative estimate of drug-likeness (QED) is 0.160. The van der Waals surface area contributed by atoms with Gasteiger partial charge < -0.3 is 0 Å². The predicted octanol–water partition coefficient (Wildman–Crippen LogP) is 16.9. The number of thiophene rings is 2. The highest BCUT2D eigenvalue weighted by Crippen LogP contribution is 2.45. The van der Waals surface area contributed by atoms with Crippen molar-refractivity contribution in [2.75, 3.05) is 0 Å². The van der Waals surface area contributed by atoms with E-state index in [2.05, 4.69) is 212 Å². The Kier molecular flexibility index (Phi) is 8.91. The minimum atomic E-state index is 0.695. The van der Waals surface area contributed by atoms with E-state index >= 15 is 0 Å². The molecule has 0 amide bonds. The topological polar surface area (TPSA) is 25.8 Å². The maximum Gasteiger partial charge on any atom is 0.160 e. The lowest BCUT2D eigenvalue weighted by Gasteiger charge is -2.14. The smallest absolute Gasteiger partial charge is 0.160 e. The largest absolute Gasteiger partial charge is 0.228 e. The van der Waals surface area contributed by atoms with Gasteiger partial charge in [0.15, 0.2) is 5.82 Å². The van der Waals surface area contributed by atoms with Crippen molar-refractivity contribution in [3.05, 3.63) is 218 Å². The van der Waals surface area contributed by atoms with E-state index in [9.17, 15) is 0 Å². The van der Waals surface area contributed by atoms with Crippen LogP contribution in [0.2, 0.25) is 0 Å². The van der Waals surface area contributed by atoms with Crippen LogP contribution < -0.4 is 0 Å². The van der Waals surface area contributed by atoms with Crippen molar-refractivity contribution in [2.24, 2.45) is 0 Å². The number of benzene rings is 9. The van der Waals surface area contributed by atoms with Crippen LogP contribution >= 0.6 is 22.7 Å². The third kappa shape index (κ3) is 6.49. The fourth-order valence-electron chi connectivity index (χ4n) is 8.84. The van der Waals surface area contributed by atoms with Crippen LogP contribution in [-0.2, 0) is 0 Å². The lowest BCUT2D eigenvalue weighted by atomic mass is 9.93. The fraction of sp³-hybridized carbons (Fsp3) is 0. The summed E-state index contributed by atoms with van der Waals surface area (Å²) in [5.41, 5.74) is 14.3. The summed E-state index contributed by atoms with van der Waals surface area (Å²) in [6.45, 7) is 0. The molecule has 0 aliphatic carbocycles. The van der Waals surface area contributed by atoms with Gasteiger partial charge in [-0.1, -0.05) is 176 Å². The van der Waals surface area contributed by atoms with Gasteiger partial charge in [-0.3, -0.25) is 0 Å². The number of fused-ring (bicyclic) bond motifs is 6. The van der Waals surface area contributed by atoms with Gasteiger partial charge in [0.1, 0.15) is 0 Å². The lowest BCUT2D eigenvalue weighted by Crippen LogP contribution is -1.97. The first kappa shape index (κ1) is 36.4. The molecule has 4 heteroatoms. The Labute approximate surface area is 367 Å². The molecular formula is C58H36N2S2. The molecule has 0 N–H and O–H groups in total. The maximum absolute atomic E-state index is 5.38. The van der Waals surface area contributed by atoms with Crippen LogP contribution in [0.25, 0.3) is 119 Å². The summed E-state index contributed by atoms with van der Waals surface area (Å²) >= 11 is 3.73. The summed E-state index contributed by atoms with van der Waals surface area (Å²) in [4.78, 5) is 10.6. The Morgan fingerprint density at radius 3 is 1.26 bits per heavy atom. The third-order valence-corrected chi connectivity index (χ3v) is 14.3. The van der Waals surface area contributed by atoms with Gasteiger partial charge in [0, 0.05) is 57.0 Å². The molecule has 62 heavy (non-hydrogen) atoms. The Bertz CT molecular complexity index is 3490. The third-order valence-electron chi connectivity index (χ3n) is 11.9. The van der Waals surface area contributed by atoms with Gasteiger partial charge in [-0.2, -0.15) is 0 Å². The summed E-state index contributed by atoms with van der Waals surface area (Å²) < 4.78 is 5.17. The number of hydrogen-bond donors (Lipinski definition) is 0. The Morgan fingerprint density at radius 2 is 0.661 bits per heavy atom. The van der Waals surface area contributed by atoms with Gasteiger partial charge in [-0.15, -0.1) is 22.7 Å². The molecule has 0 saturated heterocycles. The minimum Gasteiger partial charge on any atom is -0.228 e. The van der Waals surface area contributed by atoms with Crippen LogP contribution in [0.3, 0.4) is 0 Å². The van der Waals surface area contributed by atoms with Gasteiger partial charge in [0.2, 0.25) is 0 Å². The molecule has 0 unspecified atom stereocenters. The van der Waals surface area contributed by atoms with Crippen LogP contribution in [0.5, 0.6) is 0 Å². The molecule has 2 nitrogen and oxygen atoms in total. The normalized spacial score (nSPS) is 11.5. The molecule has 3 aromatic heterocycles. The van der Waals surface area contributed by atoms with E-state index in [0.29, 0.717) is 5.82 Å². The van der Waals surface area contributed by atoms with Crippen molar-refractivity contribution < 1.29 is 0 Å². The first-order valence-electron chi connectivity index (χ1n) is 20.9. The number of aromatic nitrogens is 2. The minimum absolute atomic E-state index is 0.695. The zero-order chi connectivity index (χ0) is 41.0. The first-order valence-corrected chi connectivity index (χ1v) is 22.5. The van der Waals surface area contributed by atoms with Gasteiger partial charge >= 0.3 is 0 Å². The summed E-state index contributed by atoms with van der Waals surface area (Å²) in [7, 11) is 0. The molecular weight excluding hydrogens is 789 g/mol. The molecule has 290 valence electrons. The molecule has 0 bridgehead atoms. The van der Waals surface area contributed by atoms with Gasteiger partial charge in [-0.25, -0.2) is 9.97 Å². The summed E-state index contributed by atoms with van der Waals surface area (Å²) in [6, 6.07) is 78.6. The van der Waals surface area contributed by atoms with Crippen LogP contribution in [0.4, 0.5) is 0 Å². The Hall–Kier alpha value is -7.50.